The smallest absolute Gasteiger partial charge is 0.141 e. The van der Waals surface area contributed by atoms with Crippen LogP contribution >= 0.6 is 11.3 Å². The highest BCUT2D eigenvalue weighted by Gasteiger charge is 2.21. The van der Waals surface area contributed by atoms with Gasteiger partial charge < -0.3 is 10.2 Å². The van der Waals surface area contributed by atoms with E-state index in [1.54, 1.807) is 17.7 Å². The van der Waals surface area contributed by atoms with Gasteiger partial charge in [-0.25, -0.2) is 9.97 Å². The van der Waals surface area contributed by atoms with Crippen molar-refractivity contribution >= 4 is 27.4 Å². The molecule has 0 spiro atoms. The van der Waals surface area contributed by atoms with E-state index in [9.17, 15) is 0 Å². The standard InChI is InChI=1S/C17H18N4S/c1-12-9-21(8-7-18-12)16-15-14(13-5-3-2-4-6-13)10-22-17(15)20-11-19-16/h2-6,10-12,18H,7-9H2,1H3. The van der Waals surface area contributed by atoms with Gasteiger partial charge in [-0.15, -0.1) is 11.3 Å². The van der Waals surface area contributed by atoms with Crippen LogP contribution in [0.5, 0.6) is 0 Å². The molecular weight excluding hydrogens is 292 g/mol. The van der Waals surface area contributed by atoms with E-state index in [4.69, 9.17) is 0 Å². The number of anilines is 1. The lowest BCUT2D eigenvalue weighted by atomic mass is 10.1. The lowest BCUT2D eigenvalue weighted by molar-refractivity contribution is 0.483. The van der Waals surface area contributed by atoms with Gasteiger partial charge in [-0.05, 0) is 12.5 Å². The molecule has 1 aliphatic heterocycles. The van der Waals surface area contributed by atoms with Crippen molar-refractivity contribution in [1.29, 1.82) is 0 Å². The highest BCUT2D eigenvalue weighted by molar-refractivity contribution is 7.17. The van der Waals surface area contributed by atoms with Gasteiger partial charge in [-0.2, -0.15) is 0 Å². The predicted octanol–water partition coefficient (Wildman–Crippen LogP) is 3.16. The summed E-state index contributed by atoms with van der Waals surface area (Å²) in [7, 11) is 0. The minimum absolute atomic E-state index is 0.484. The molecular formula is C17H18N4S. The van der Waals surface area contributed by atoms with Crippen LogP contribution in [0.25, 0.3) is 21.3 Å². The number of thiophene rings is 1. The molecule has 0 aliphatic carbocycles. The normalized spacial score (nSPS) is 18.8. The van der Waals surface area contributed by atoms with Gasteiger partial charge in [-0.3, -0.25) is 0 Å². The molecule has 1 aliphatic rings. The van der Waals surface area contributed by atoms with E-state index in [-0.39, 0.29) is 0 Å². The second kappa shape index (κ2) is 5.66. The number of benzene rings is 1. The first kappa shape index (κ1) is 13.7. The first-order valence-electron chi connectivity index (χ1n) is 7.59. The fourth-order valence-electron chi connectivity index (χ4n) is 3.05. The average Bonchev–Trinajstić information content (AvgIpc) is 3.00. The molecule has 4 nitrogen and oxygen atoms in total. The summed E-state index contributed by atoms with van der Waals surface area (Å²) >= 11 is 1.69. The summed E-state index contributed by atoms with van der Waals surface area (Å²) in [4.78, 5) is 12.5. The topological polar surface area (TPSA) is 41.1 Å². The third-order valence-electron chi connectivity index (χ3n) is 4.10. The van der Waals surface area contributed by atoms with E-state index < -0.39 is 0 Å². The molecule has 22 heavy (non-hydrogen) atoms. The van der Waals surface area contributed by atoms with E-state index >= 15 is 0 Å². The molecule has 3 aromatic rings. The van der Waals surface area contributed by atoms with Crippen LogP contribution in [0.4, 0.5) is 5.82 Å². The van der Waals surface area contributed by atoms with Crippen molar-refractivity contribution in [1.82, 2.24) is 15.3 Å². The zero-order chi connectivity index (χ0) is 14.9. The summed E-state index contributed by atoms with van der Waals surface area (Å²) < 4.78 is 0. The fourth-order valence-corrected chi connectivity index (χ4v) is 3.96. The molecule has 1 fully saturated rings. The minimum Gasteiger partial charge on any atom is -0.353 e. The van der Waals surface area contributed by atoms with Gasteiger partial charge in [0.15, 0.2) is 0 Å². The maximum atomic E-state index is 4.62. The quantitative estimate of drug-likeness (QED) is 0.789. The highest BCUT2D eigenvalue weighted by Crippen LogP contribution is 2.37. The van der Waals surface area contributed by atoms with Crippen LogP contribution in [-0.2, 0) is 0 Å². The Kier molecular flexibility index (Phi) is 3.52. The molecule has 0 radical (unpaired) electrons. The van der Waals surface area contributed by atoms with Gasteiger partial charge in [0.05, 0.1) is 5.39 Å². The van der Waals surface area contributed by atoms with Crippen LogP contribution in [0.3, 0.4) is 0 Å². The van der Waals surface area contributed by atoms with Gasteiger partial charge >= 0.3 is 0 Å². The molecule has 0 saturated carbocycles. The number of piperazine rings is 1. The SMILES string of the molecule is CC1CN(c2ncnc3scc(-c4ccccc4)c23)CCN1. The van der Waals surface area contributed by atoms with Crippen molar-refractivity contribution in [2.75, 3.05) is 24.5 Å². The molecule has 1 atom stereocenters. The van der Waals surface area contributed by atoms with E-state index in [1.807, 2.05) is 6.07 Å². The van der Waals surface area contributed by atoms with Crippen LogP contribution in [0.2, 0.25) is 0 Å². The number of aromatic nitrogens is 2. The van der Waals surface area contributed by atoms with Crippen LogP contribution in [0, 0.1) is 0 Å². The van der Waals surface area contributed by atoms with Crippen molar-refractivity contribution in [3.05, 3.63) is 42.0 Å². The van der Waals surface area contributed by atoms with E-state index in [0.717, 1.165) is 30.3 Å². The van der Waals surface area contributed by atoms with Crippen LogP contribution < -0.4 is 10.2 Å². The summed E-state index contributed by atoms with van der Waals surface area (Å²) in [6.45, 7) is 5.18. The molecule has 4 rings (SSSR count). The Labute approximate surface area is 133 Å². The van der Waals surface area contributed by atoms with Crippen molar-refractivity contribution in [3.63, 3.8) is 0 Å². The molecule has 0 bridgehead atoms. The second-order valence-electron chi connectivity index (χ2n) is 5.69. The number of hydrogen-bond donors (Lipinski definition) is 1. The van der Waals surface area contributed by atoms with Gasteiger partial charge in [0.2, 0.25) is 0 Å². The zero-order valence-corrected chi connectivity index (χ0v) is 13.3. The number of rotatable bonds is 2. The molecule has 1 saturated heterocycles. The van der Waals surface area contributed by atoms with E-state index in [2.05, 4.69) is 56.8 Å². The Bertz CT molecular complexity index is 784. The van der Waals surface area contributed by atoms with E-state index in [0.29, 0.717) is 6.04 Å². The zero-order valence-electron chi connectivity index (χ0n) is 12.5. The summed E-state index contributed by atoms with van der Waals surface area (Å²) in [5.74, 6) is 1.07. The Morgan fingerprint density at radius 2 is 2.09 bits per heavy atom. The monoisotopic (exact) mass is 310 g/mol. The summed E-state index contributed by atoms with van der Waals surface area (Å²) in [6.07, 6.45) is 1.69. The van der Waals surface area contributed by atoms with Crippen molar-refractivity contribution in [3.8, 4) is 11.1 Å². The third kappa shape index (κ3) is 2.36. The largest absolute Gasteiger partial charge is 0.353 e. The Morgan fingerprint density at radius 1 is 1.23 bits per heavy atom. The molecule has 3 heterocycles. The predicted molar refractivity (Wildman–Crippen MR) is 92.5 cm³/mol. The summed E-state index contributed by atoms with van der Waals surface area (Å²) in [6, 6.07) is 11.0. The van der Waals surface area contributed by atoms with Crippen LogP contribution in [-0.4, -0.2) is 35.6 Å². The molecule has 5 heteroatoms. The van der Waals surface area contributed by atoms with Gasteiger partial charge in [0, 0.05) is 36.6 Å². The number of fused-ring (bicyclic) bond motifs is 1. The maximum absolute atomic E-state index is 4.62. The van der Waals surface area contributed by atoms with Crippen molar-refractivity contribution in [2.45, 2.75) is 13.0 Å². The molecule has 112 valence electrons. The molecule has 2 aromatic heterocycles. The Hall–Kier alpha value is -1.98. The van der Waals surface area contributed by atoms with Gasteiger partial charge in [0.25, 0.3) is 0 Å². The Morgan fingerprint density at radius 3 is 2.91 bits per heavy atom. The molecule has 1 aromatic carbocycles. The fraction of sp³-hybridized carbons (Fsp3) is 0.294. The molecule has 1 unspecified atom stereocenters. The first-order chi connectivity index (χ1) is 10.8. The minimum atomic E-state index is 0.484. The first-order valence-corrected chi connectivity index (χ1v) is 8.47. The van der Waals surface area contributed by atoms with Crippen LogP contribution in [0.15, 0.2) is 42.0 Å². The van der Waals surface area contributed by atoms with Gasteiger partial charge in [-0.1, -0.05) is 30.3 Å². The Balaban J connectivity index is 1.86. The lowest BCUT2D eigenvalue weighted by Crippen LogP contribution is -2.49. The maximum Gasteiger partial charge on any atom is 0.141 e. The average molecular weight is 310 g/mol. The lowest BCUT2D eigenvalue weighted by Gasteiger charge is -2.33. The van der Waals surface area contributed by atoms with Gasteiger partial charge in [0.1, 0.15) is 17.0 Å². The summed E-state index contributed by atoms with van der Waals surface area (Å²) in [5.41, 5.74) is 2.47. The third-order valence-corrected chi connectivity index (χ3v) is 4.99. The number of nitrogens with one attached hydrogen (secondary N) is 1. The summed E-state index contributed by atoms with van der Waals surface area (Å²) in [5, 5.41) is 6.87. The van der Waals surface area contributed by atoms with Crippen LogP contribution in [0.1, 0.15) is 6.92 Å². The molecule has 0 amide bonds. The van der Waals surface area contributed by atoms with Crippen molar-refractivity contribution in [2.24, 2.45) is 0 Å². The number of hydrogen-bond acceptors (Lipinski definition) is 5. The highest BCUT2D eigenvalue weighted by atomic mass is 32.1. The number of nitrogens with zero attached hydrogens (tertiary/aromatic N) is 3. The second-order valence-corrected chi connectivity index (χ2v) is 6.55. The van der Waals surface area contributed by atoms with E-state index in [1.165, 1.54) is 16.5 Å². The molecule has 1 N–H and O–H groups in total. The van der Waals surface area contributed by atoms with Crippen molar-refractivity contribution < 1.29 is 0 Å².